The molecule has 0 aromatic carbocycles. The number of esters is 1. The highest BCUT2D eigenvalue weighted by Gasteiger charge is 2.18. The number of carbonyl (C=O) groups is 2. The van der Waals surface area contributed by atoms with Crippen molar-refractivity contribution in [3.8, 4) is 0 Å². The first-order valence-corrected chi connectivity index (χ1v) is 37.9. The Balaban J connectivity index is 3.41. The topological polar surface area (TPSA) is 95.9 Å². The molecule has 0 aromatic heterocycles. The van der Waals surface area contributed by atoms with Crippen LogP contribution in [0.3, 0.4) is 0 Å². The number of ether oxygens (including phenoxy) is 1. The van der Waals surface area contributed by atoms with Crippen LogP contribution < -0.4 is 5.32 Å². The molecule has 0 aliphatic rings. The van der Waals surface area contributed by atoms with Crippen LogP contribution >= 0.6 is 0 Å². The number of hydrogen-bond donors (Lipinski definition) is 3. The van der Waals surface area contributed by atoms with Crippen LogP contribution in [0.1, 0.15) is 412 Å². The molecule has 1 amide bonds. The fourth-order valence-corrected chi connectivity index (χ4v) is 11.8. The zero-order valence-corrected chi connectivity index (χ0v) is 56.6. The molecule has 494 valence electrons. The van der Waals surface area contributed by atoms with Crippen LogP contribution in [0.2, 0.25) is 0 Å². The molecular formula is C78H147NO5. The van der Waals surface area contributed by atoms with Crippen molar-refractivity contribution in [2.45, 2.75) is 424 Å². The SMILES string of the molecule is CCCCCCCCC/C=C\CCCCCCCC(=O)OCCCCCCCCCCC/C=C\C/C=C\CCCCCCCCCCCCCCCCCC(=O)NC(CO)C(O)/C=C/CCCCCCCCCCCCCCCCCCCC. The van der Waals surface area contributed by atoms with Gasteiger partial charge in [-0.05, 0) is 89.9 Å². The van der Waals surface area contributed by atoms with Crippen LogP contribution in [0.5, 0.6) is 0 Å². The van der Waals surface area contributed by atoms with Crippen LogP contribution in [-0.2, 0) is 14.3 Å². The van der Waals surface area contributed by atoms with Crippen molar-refractivity contribution in [2.24, 2.45) is 0 Å². The molecule has 0 spiro atoms. The quantitative estimate of drug-likeness (QED) is 0.0320. The number of unbranched alkanes of at least 4 members (excludes halogenated alkanes) is 54. The number of rotatable bonds is 71. The van der Waals surface area contributed by atoms with Gasteiger partial charge in [0, 0.05) is 12.8 Å². The van der Waals surface area contributed by atoms with Crippen molar-refractivity contribution < 1.29 is 24.5 Å². The predicted molar refractivity (Wildman–Crippen MR) is 370 cm³/mol. The molecule has 2 atom stereocenters. The van der Waals surface area contributed by atoms with Crippen LogP contribution in [0.25, 0.3) is 0 Å². The van der Waals surface area contributed by atoms with Gasteiger partial charge in [-0.25, -0.2) is 0 Å². The molecule has 0 radical (unpaired) electrons. The molecule has 84 heavy (non-hydrogen) atoms. The first kappa shape index (κ1) is 81.8. The van der Waals surface area contributed by atoms with Gasteiger partial charge in [-0.3, -0.25) is 9.59 Å². The normalized spacial score (nSPS) is 12.8. The Labute approximate surface area is 525 Å². The Morgan fingerprint density at radius 1 is 0.333 bits per heavy atom. The van der Waals surface area contributed by atoms with Gasteiger partial charge in [0.25, 0.3) is 0 Å². The van der Waals surface area contributed by atoms with E-state index >= 15 is 0 Å². The van der Waals surface area contributed by atoms with E-state index in [4.69, 9.17) is 4.74 Å². The highest BCUT2D eigenvalue weighted by atomic mass is 16.5. The van der Waals surface area contributed by atoms with Crippen LogP contribution in [0, 0.1) is 0 Å². The van der Waals surface area contributed by atoms with E-state index in [0.717, 1.165) is 51.4 Å². The van der Waals surface area contributed by atoms with Gasteiger partial charge >= 0.3 is 5.97 Å². The molecule has 0 bridgehead atoms. The number of amides is 1. The van der Waals surface area contributed by atoms with Crippen LogP contribution in [0.4, 0.5) is 0 Å². The lowest BCUT2D eigenvalue weighted by Gasteiger charge is -2.20. The van der Waals surface area contributed by atoms with Gasteiger partial charge in [-0.2, -0.15) is 0 Å². The molecule has 0 fully saturated rings. The van der Waals surface area contributed by atoms with E-state index in [1.807, 2.05) is 6.08 Å². The summed E-state index contributed by atoms with van der Waals surface area (Å²) in [4.78, 5) is 24.6. The summed E-state index contributed by atoms with van der Waals surface area (Å²) in [5.41, 5.74) is 0. The van der Waals surface area contributed by atoms with Gasteiger partial charge in [-0.1, -0.05) is 358 Å². The van der Waals surface area contributed by atoms with E-state index in [1.54, 1.807) is 6.08 Å². The van der Waals surface area contributed by atoms with Gasteiger partial charge in [0.05, 0.1) is 25.4 Å². The number of nitrogens with one attached hydrogen (secondary N) is 1. The highest BCUT2D eigenvalue weighted by molar-refractivity contribution is 5.76. The zero-order chi connectivity index (χ0) is 60.6. The number of aliphatic hydroxyl groups is 2. The number of hydrogen-bond acceptors (Lipinski definition) is 5. The van der Waals surface area contributed by atoms with Gasteiger partial charge in [0.1, 0.15) is 0 Å². The molecule has 0 heterocycles. The van der Waals surface area contributed by atoms with Gasteiger partial charge in [-0.15, -0.1) is 0 Å². The smallest absolute Gasteiger partial charge is 0.305 e. The lowest BCUT2D eigenvalue weighted by atomic mass is 10.0. The molecule has 3 N–H and O–H groups in total. The lowest BCUT2D eigenvalue weighted by molar-refractivity contribution is -0.143. The summed E-state index contributed by atoms with van der Waals surface area (Å²) in [5.74, 6) is -0.0581. The average molecular weight is 1180 g/mol. The van der Waals surface area contributed by atoms with Crippen LogP contribution in [-0.4, -0.2) is 47.4 Å². The standard InChI is InChI=1S/C78H147NO5/c1-3-5-7-9-11-13-15-17-19-21-22-36-39-42-46-50-54-58-62-66-70-76(81)75(74-80)79-77(82)71-67-63-59-55-51-47-43-40-37-34-32-30-28-26-24-23-25-27-29-31-33-35-38-41-45-49-53-57-61-65-69-73-84-78(83)72-68-64-60-56-52-48-44-20-18-16-14-12-10-8-6-4-2/h20,25,27,31,33,44,66,70,75-76,80-81H,3-19,21-24,26,28-30,32,34-43,45-65,67-69,71-74H2,1-2H3,(H,79,82)/b27-25-,33-31-,44-20-,70-66+. The Kier molecular flexibility index (Phi) is 71.4. The van der Waals surface area contributed by atoms with Crippen molar-refractivity contribution in [1.82, 2.24) is 5.32 Å². The van der Waals surface area contributed by atoms with Crippen molar-refractivity contribution >= 4 is 11.9 Å². The fourth-order valence-electron chi connectivity index (χ4n) is 11.8. The third-order valence-electron chi connectivity index (χ3n) is 17.6. The monoisotopic (exact) mass is 1180 g/mol. The van der Waals surface area contributed by atoms with E-state index in [9.17, 15) is 19.8 Å². The lowest BCUT2D eigenvalue weighted by Crippen LogP contribution is -2.45. The second-order valence-electron chi connectivity index (χ2n) is 26.0. The first-order valence-electron chi connectivity index (χ1n) is 37.9. The average Bonchev–Trinajstić information content (AvgIpc) is 3.51. The summed E-state index contributed by atoms with van der Waals surface area (Å²) in [7, 11) is 0. The summed E-state index contributed by atoms with van der Waals surface area (Å²) in [5, 5.41) is 23.3. The molecule has 0 aromatic rings. The van der Waals surface area contributed by atoms with Crippen molar-refractivity contribution in [2.75, 3.05) is 13.2 Å². The Hall–Kier alpha value is -2.18. The minimum Gasteiger partial charge on any atom is -0.466 e. The largest absolute Gasteiger partial charge is 0.466 e. The third-order valence-corrected chi connectivity index (χ3v) is 17.6. The van der Waals surface area contributed by atoms with Gasteiger partial charge < -0.3 is 20.3 Å². The molecule has 2 unspecified atom stereocenters. The number of carbonyl (C=O) groups excluding carboxylic acids is 2. The van der Waals surface area contributed by atoms with Gasteiger partial charge in [0.2, 0.25) is 5.91 Å². The van der Waals surface area contributed by atoms with Gasteiger partial charge in [0.15, 0.2) is 0 Å². The second-order valence-corrected chi connectivity index (χ2v) is 26.0. The highest BCUT2D eigenvalue weighted by Crippen LogP contribution is 2.19. The summed E-state index contributed by atoms with van der Waals surface area (Å²) in [6, 6.07) is -0.629. The maximum Gasteiger partial charge on any atom is 0.305 e. The van der Waals surface area contributed by atoms with E-state index in [1.165, 1.54) is 334 Å². The van der Waals surface area contributed by atoms with E-state index in [-0.39, 0.29) is 18.5 Å². The van der Waals surface area contributed by atoms with E-state index in [2.05, 4.69) is 55.6 Å². The molecule has 0 saturated heterocycles. The maximum absolute atomic E-state index is 12.5. The van der Waals surface area contributed by atoms with Crippen molar-refractivity contribution in [3.05, 3.63) is 48.6 Å². The fraction of sp³-hybridized carbons (Fsp3) is 0.872. The zero-order valence-electron chi connectivity index (χ0n) is 56.6. The number of allylic oxidation sites excluding steroid dienone is 7. The maximum atomic E-state index is 12.5. The molecule has 0 rings (SSSR count). The Bertz CT molecular complexity index is 1400. The van der Waals surface area contributed by atoms with E-state index in [0.29, 0.717) is 19.4 Å². The predicted octanol–water partition coefficient (Wildman–Crippen LogP) is 24.8. The minimum absolute atomic E-state index is 0.00587. The second kappa shape index (κ2) is 73.3. The van der Waals surface area contributed by atoms with Crippen molar-refractivity contribution in [3.63, 3.8) is 0 Å². The summed E-state index contributed by atoms with van der Waals surface area (Å²) < 4.78 is 5.49. The minimum atomic E-state index is -0.846. The molecule has 6 nitrogen and oxygen atoms in total. The van der Waals surface area contributed by atoms with E-state index < -0.39 is 12.1 Å². The Morgan fingerprint density at radius 3 is 0.917 bits per heavy atom. The summed E-state index contributed by atoms with van der Waals surface area (Å²) in [6.45, 7) is 4.93. The molecule has 6 heteroatoms. The van der Waals surface area contributed by atoms with Crippen LogP contribution in [0.15, 0.2) is 48.6 Å². The summed E-state index contributed by atoms with van der Waals surface area (Å²) >= 11 is 0. The molecular weight excluding hydrogens is 1030 g/mol. The molecule has 0 aliphatic carbocycles. The molecule has 0 saturated carbocycles. The number of aliphatic hydroxyl groups excluding tert-OH is 2. The molecule has 0 aliphatic heterocycles. The first-order chi connectivity index (χ1) is 41.5. The summed E-state index contributed by atoms with van der Waals surface area (Å²) in [6.07, 6.45) is 96.4. The Morgan fingerprint density at radius 2 is 0.595 bits per heavy atom. The van der Waals surface area contributed by atoms with Crippen molar-refractivity contribution in [1.29, 1.82) is 0 Å². The third kappa shape index (κ3) is 68.9.